The predicted molar refractivity (Wildman–Crippen MR) is 254 cm³/mol. The quantitative estimate of drug-likeness (QED) is 0.0443. The summed E-state index contributed by atoms with van der Waals surface area (Å²) in [6.45, 7) is 10.5. The zero-order valence-corrected chi connectivity index (χ0v) is 37.2. The van der Waals surface area contributed by atoms with Gasteiger partial charge in [0.2, 0.25) is 0 Å². The lowest BCUT2D eigenvalue weighted by Gasteiger charge is -2.22. The average Bonchev–Trinajstić information content (AvgIpc) is 3.20. The SMILES string of the molecule is CCC=CCC=CCC=CCCCCCCCCN(CCCCCCCCC=CCC=CCC=CCC)CCCCCCCCC=CCC=CCC=CCC. The van der Waals surface area contributed by atoms with E-state index in [0.29, 0.717) is 0 Å². The highest BCUT2D eigenvalue weighted by Gasteiger charge is 2.05. The molecule has 1 heteroatoms. The Morgan fingerprint density at radius 1 is 0.218 bits per heavy atom. The standard InChI is InChI=1S/C54H93N/c1-4-7-10-13-16-19-22-25-28-31-34-37-40-43-46-49-52-55(53-50-47-44-41-38-35-32-29-26-23-20-17-14-11-8-5-2)54-51-48-45-42-39-36-33-30-27-24-21-18-15-12-9-6-3/h7-12,16-21,25-30H,4-6,13-15,22-24,31-54H2,1-3H3. The van der Waals surface area contributed by atoms with Crippen LogP contribution >= 0.6 is 0 Å². The fraction of sp³-hybridized carbons (Fsp3) is 0.667. The van der Waals surface area contributed by atoms with Crippen molar-refractivity contribution in [3.8, 4) is 0 Å². The Morgan fingerprint density at radius 2 is 0.418 bits per heavy atom. The maximum absolute atomic E-state index is 2.83. The first-order valence-corrected chi connectivity index (χ1v) is 23.9. The third-order valence-corrected chi connectivity index (χ3v) is 10.1. The van der Waals surface area contributed by atoms with E-state index < -0.39 is 0 Å². The molecule has 0 radical (unpaired) electrons. The second kappa shape index (κ2) is 49.6. The van der Waals surface area contributed by atoms with E-state index in [9.17, 15) is 0 Å². The molecule has 0 fully saturated rings. The van der Waals surface area contributed by atoms with Crippen LogP contribution < -0.4 is 0 Å². The minimum Gasteiger partial charge on any atom is -0.303 e. The molecule has 0 rings (SSSR count). The van der Waals surface area contributed by atoms with E-state index in [1.54, 1.807) is 0 Å². The Balaban J connectivity index is 4.16. The molecule has 1 nitrogen and oxygen atoms in total. The second-order valence-electron chi connectivity index (χ2n) is 15.5. The van der Waals surface area contributed by atoms with Gasteiger partial charge >= 0.3 is 0 Å². The Bertz CT molecular complexity index is 870. The summed E-state index contributed by atoms with van der Waals surface area (Å²) in [6.07, 6.45) is 80.1. The summed E-state index contributed by atoms with van der Waals surface area (Å²) in [5.41, 5.74) is 0. The molecule has 0 unspecified atom stereocenters. The number of rotatable bonds is 42. The van der Waals surface area contributed by atoms with Crippen molar-refractivity contribution in [3.63, 3.8) is 0 Å². The molecule has 0 saturated carbocycles. The summed E-state index contributed by atoms with van der Waals surface area (Å²) >= 11 is 0. The van der Waals surface area contributed by atoms with E-state index >= 15 is 0 Å². The largest absolute Gasteiger partial charge is 0.303 e. The molecule has 0 heterocycles. The van der Waals surface area contributed by atoms with Gasteiger partial charge in [0.1, 0.15) is 0 Å². The summed E-state index contributed by atoms with van der Waals surface area (Å²) in [5, 5.41) is 0. The van der Waals surface area contributed by atoms with Crippen molar-refractivity contribution in [3.05, 3.63) is 109 Å². The molecular formula is C54H93N. The van der Waals surface area contributed by atoms with Crippen molar-refractivity contribution < 1.29 is 0 Å². The smallest absolute Gasteiger partial charge is 0.00187 e. The average molecular weight is 756 g/mol. The van der Waals surface area contributed by atoms with Crippen LogP contribution in [0.25, 0.3) is 0 Å². The molecule has 0 atom stereocenters. The third kappa shape index (κ3) is 47.7. The van der Waals surface area contributed by atoms with E-state index in [0.717, 1.165) is 57.8 Å². The Kier molecular flexibility index (Phi) is 47.5. The lowest BCUT2D eigenvalue weighted by Crippen LogP contribution is -2.27. The van der Waals surface area contributed by atoms with Crippen LogP contribution in [-0.4, -0.2) is 24.5 Å². The molecule has 55 heavy (non-hydrogen) atoms. The monoisotopic (exact) mass is 756 g/mol. The molecule has 0 aliphatic rings. The van der Waals surface area contributed by atoms with E-state index in [-0.39, 0.29) is 0 Å². The van der Waals surface area contributed by atoms with Crippen LogP contribution in [0.2, 0.25) is 0 Å². The fourth-order valence-electron chi connectivity index (χ4n) is 6.73. The maximum atomic E-state index is 2.83. The number of nitrogens with zero attached hydrogens (tertiary/aromatic N) is 1. The first kappa shape index (κ1) is 52.6. The molecule has 0 spiro atoms. The van der Waals surface area contributed by atoms with Gasteiger partial charge in [0.05, 0.1) is 0 Å². The highest BCUT2D eigenvalue weighted by Crippen LogP contribution is 2.13. The molecule has 0 saturated heterocycles. The third-order valence-electron chi connectivity index (χ3n) is 10.1. The van der Waals surface area contributed by atoms with E-state index in [1.165, 1.54) is 154 Å². The Labute approximate surface area is 346 Å². The van der Waals surface area contributed by atoms with Crippen LogP contribution in [0.4, 0.5) is 0 Å². The van der Waals surface area contributed by atoms with Crippen LogP contribution in [0.1, 0.15) is 213 Å². The van der Waals surface area contributed by atoms with Gasteiger partial charge in [0.15, 0.2) is 0 Å². The molecule has 0 bridgehead atoms. The molecule has 0 aliphatic carbocycles. The minimum atomic E-state index is 1.07. The van der Waals surface area contributed by atoms with Gasteiger partial charge in [-0.2, -0.15) is 0 Å². The first-order valence-electron chi connectivity index (χ1n) is 23.9. The number of hydrogen-bond acceptors (Lipinski definition) is 1. The lowest BCUT2D eigenvalue weighted by atomic mass is 10.1. The summed E-state index contributed by atoms with van der Waals surface area (Å²) in [4.78, 5) is 2.83. The van der Waals surface area contributed by atoms with Gasteiger partial charge < -0.3 is 4.90 Å². The van der Waals surface area contributed by atoms with Crippen LogP contribution in [0.3, 0.4) is 0 Å². The molecule has 0 aromatic rings. The van der Waals surface area contributed by atoms with Gasteiger partial charge in [-0.3, -0.25) is 0 Å². The molecule has 0 aliphatic heterocycles. The van der Waals surface area contributed by atoms with Gasteiger partial charge in [0, 0.05) is 0 Å². The van der Waals surface area contributed by atoms with Gasteiger partial charge in [-0.05, 0) is 135 Å². The zero-order chi connectivity index (χ0) is 39.6. The minimum absolute atomic E-state index is 1.07. The number of allylic oxidation sites excluding steroid dienone is 18. The van der Waals surface area contributed by atoms with Crippen molar-refractivity contribution in [1.29, 1.82) is 0 Å². The van der Waals surface area contributed by atoms with Crippen molar-refractivity contribution in [2.45, 2.75) is 213 Å². The number of unbranched alkanes of at least 4 members (excludes halogenated alkanes) is 18. The summed E-state index contributed by atoms with van der Waals surface area (Å²) < 4.78 is 0. The van der Waals surface area contributed by atoms with Crippen molar-refractivity contribution in [2.24, 2.45) is 0 Å². The highest BCUT2D eigenvalue weighted by molar-refractivity contribution is 4.99. The van der Waals surface area contributed by atoms with Gasteiger partial charge in [-0.1, -0.05) is 207 Å². The zero-order valence-electron chi connectivity index (χ0n) is 37.2. The summed E-state index contributed by atoms with van der Waals surface area (Å²) in [7, 11) is 0. The molecular weight excluding hydrogens is 663 g/mol. The first-order chi connectivity index (χ1) is 27.3. The summed E-state index contributed by atoms with van der Waals surface area (Å²) in [5.74, 6) is 0. The van der Waals surface area contributed by atoms with Crippen LogP contribution in [0.5, 0.6) is 0 Å². The lowest BCUT2D eigenvalue weighted by molar-refractivity contribution is 0.254. The molecule has 314 valence electrons. The highest BCUT2D eigenvalue weighted by atomic mass is 15.1. The fourth-order valence-corrected chi connectivity index (χ4v) is 6.73. The van der Waals surface area contributed by atoms with Gasteiger partial charge in [0.25, 0.3) is 0 Å². The van der Waals surface area contributed by atoms with Crippen LogP contribution in [-0.2, 0) is 0 Å². The summed E-state index contributed by atoms with van der Waals surface area (Å²) in [6, 6.07) is 0. The van der Waals surface area contributed by atoms with Gasteiger partial charge in [-0.15, -0.1) is 0 Å². The molecule has 0 amide bonds. The number of hydrogen-bond donors (Lipinski definition) is 0. The topological polar surface area (TPSA) is 3.24 Å². The van der Waals surface area contributed by atoms with Crippen LogP contribution in [0, 0.1) is 0 Å². The van der Waals surface area contributed by atoms with Crippen molar-refractivity contribution in [2.75, 3.05) is 19.6 Å². The predicted octanol–water partition coefficient (Wildman–Crippen LogP) is 18.1. The normalized spacial score (nSPS) is 13.1. The van der Waals surface area contributed by atoms with Crippen LogP contribution in [0.15, 0.2) is 109 Å². The Hall–Kier alpha value is -2.38. The molecule has 0 aromatic heterocycles. The van der Waals surface area contributed by atoms with Crippen molar-refractivity contribution >= 4 is 0 Å². The van der Waals surface area contributed by atoms with Gasteiger partial charge in [-0.25, -0.2) is 0 Å². The molecule has 0 N–H and O–H groups in total. The second-order valence-corrected chi connectivity index (χ2v) is 15.5. The maximum Gasteiger partial charge on any atom is -0.00187 e. The van der Waals surface area contributed by atoms with E-state index in [2.05, 4.69) is 135 Å². The molecule has 0 aromatic carbocycles. The van der Waals surface area contributed by atoms with E-state index in [4.69, 9.17) is 0 Å². The Morgan fingerprint density at radius 3 is 0.673 bits per heavy atom. The van der Waals surface area contributed by atoms with Crippen molar-refractivity contribution in [1.82, 2.24) is 4.90 Å². The van der Waals surface area contributed by atoms with E-state index in [1.807, 2.05) is 0 Å².